The Hall–Kier alpha value is -0.640. The SMILES string of the molecule is Fc1cc(Br)cc(C(Cl)Cc2c(F)cccc2Cl)c1. The van der Waals surface area contributed by atoms with E-state index in [0.717, 1.165) is 0 Å². The fourth-order valence-corrected chi connectivity index (χ4v) is 2.78. The molecule has 0 radical (unpaired) electrons. The largest absolute Gasteiger partial charge is 0.207 e. The zero-order valence-electron chi connectivity index (χ0n) is 9.64. The highest BCUT2D eigenvalue weighted by molar-refractivity contribution is 9.10. The Kier molecular flexibility index (Phi) is 4.82. The van der Waals surface area contributed by atoms with Crippen LogP contribution in [0.5, 0.6) is 0 Å². The maximum Gasteiger partial charge on any atom is 0.127 e. The van der Waals surface area contributed by atoms with Crippen molar-refractivity contribution in [2.45, 2.75) is 11.8 Å². The molecule has 0 saturated carbocycles. The van der Waals surface area contributed by atoms with Gasteiger partial charge in [-0.25, -0.2) is 8.78 Å². The number of benzene rings is 2. The highest BCUT2D eigenvalue weighted by atomic mass is 79.9. The number of hydrogen-bond acceptors (Lipinski definition) is 0. The van der Waals surface area contributed by atoms with Crippen molar-refractivity contribution in [1.82, 2.24) is 0 Å². The van der Waals surface area contributed by atoms with Gasteiger partial charge in [-0.15, -0.1) is 11.6 Å². The van der Waals surface area contributed by atoms with Crippen LogP contribution in [-0.4, -0.2) is 0 Å². The maximum absolute atomic E-state index is 13.7. The number of hydrogen-bond donors (Lipinski definition) is 0. The van der Waals surface area contributed by atoms with Gasteiger partial charge in [0.2, 0.25) is 0 Å². The van der Waals surface area contributed by atoms with Gasteiger partial charge in [0.25, 0.3) is 0 Å². The normalized spacial score (nSPS) is 12.5. The van der Waals surface area contributed by atoms with Crippen molar-refractivity contribution < 1.29 is 8.78 Å². The zero-order chi connectivity index (χ0) is 14.0. The van der Waals surface area contributed by atoms with Gasteiger partial charge in [-0.3, -0.25) is 0 Å². The molecule has 0 fully saturated rings. The Balaban J connectivity index is 2.28. The molecule has 0 spiro atoms. The van der Waals surface area contributed by atoms with Crippen LogP contribution in [0.4, 0.5) is 8.78 Å². The van der Waals surface area contributed by atoms with E-state index in [4.69, 9.17) is 23.2 Å². The minimum Gasteiger partial charge on any atom is -0.207 e. The first-order valence-corrected chi connectivity index (χ1v) is 7.11. The molecule has 0 aliphatic heterocycles. The number of rotatable bonds is 3. The van der Waals surface area contributed by atoms with Gasteiger partial charge >= 0.3 is 0 Å². The summed E-state index contributed by atoms with van der Waals surface area (Å²) in [6.45, 7) is 0. The highest BCUT2D eigenvalue weighted by Crippen LogP contribution is 2.31. The van der Waals surface area contributed by atoms with Gasteiger partial charge in [0.15, 0.2) is 0 Å². The van der Waals surface area contributed by atoms with Gasteiger partial charge in [0.1, 0.15) is 11.6 Å². The van der Waals surface area contributed by atoms with Crippen molar-refractivity contribution in [3.05, 3.63) is 68.7 Å². The molecular formula is C14H9BrCl2F2. The molecule has 0 amide bonds. The first-order valence-electron chi connectivity index (χ1n) is 5.50. The maximum atomic E-state index is 13.7. The van der Waals surface area contributed by atoms with Crippen LogP contribution in [0.2, 0.25) is 5.02 Å². The first kappa shape index (κ1) is 14.8. The summed E-state index contributed by atoms with van der Waals surface area (Å²) in [5.74, 6) is -0.803. The Morgan fingerprint density at radius 3 is 2.53 bits per heavy atom. The standard InChI is InChI=1S/C14H9BrCl2F2/c15-9-4-8(5-10(18)6-9)13(17)7-11-12(16)2-1-3-14(11)19/h1-6,13H,7H2. The summed E-state index contributed by atoms with van der Waals surface area (Å²) < 4.78 is 27.5. The molecular weight excluding hydrogens is 357 g/mol. The predicted molar refractivity (Wildman–Crippen MR) is 77.8 cm³/mol. The fourth-order valence-electron chi connectivity index (χ4n) is 1.78. The van der Waals surface area contributed by atoms with Gasteiger partial charge in [-0.05, 0) is 42.3 Å². The van der Waals surface area contributed by atoms with Crippen molar-refractivity contribution in [2.75, 3.05) is 0 Å². The van der Waals surface area contributed by atoms with Gasteiger partial charge < -0.3 is 0 Å². The summed E-state index contributed by atoms with van der Waals surface area (Å²) in [6, 6.07) is 8.83. The predicted octanol–water partition coefficient (Wildman–Crippen LogP) is 5.90. The Morgan fingerprint density at radius 2 is 1.89 bits per heavy atom. The number of alkyl halides is 1. The van der Waals surface area contributed by atoms with Crippen LogP contribution < -0.4 is 0 Å². The zero-order valence-corrected chi connectivity index (χ0v) is 12.7. The second-order valence-corrected chi connectivity index (χ2v) is 5.92. The molecule has 0 nitrogen and oxygen atoms in total. The molecule has 0 saturated heterocycles. The van der Waals surface area contributed by atoms with E-state index in [2.05, 4.69) is 15.9 Å². The summed E-state index contributed by atoms with van der Waals surface area (Å²) in [7, 11) is 0. The van der Waals surface area contributed by atoms with Crippen LogP contribution >= 0.6 is 39.1 Å². The molecule has 0 aromatic heterocycles. The minimum atomic E-state index is -0.554. The van der Waals surface area contributed by atoms with Crippen LogP contribution in [0.3, 0.4) is 0 Å². The molecule has 1 atom stereocenters. The summed E-state index contributed by atoms with van der Waals surface area (Å²) in [5.41, 5.74) is 0.914. The second-order valence-electron chi connectivity index (χ2n) is 4.07. The Morgan fingerprint density at radius 1 is 1.16 bits per heavy atom. The second kappa shape index (κ2) is 6.21. The van der Waals surface area contributed by atoms with Crippen LogP contribution in [-0.2, 0) is 6.42 Å². The Bertz CT molecular complexity index is 561. The van der Waals surface area contributed by atoms with E-state index in [1.165, 1.54) is 24.3 Å². The lowest BCUT2D eigenvalue weighted by Gasteiger charge is -2.12. The quantitative estimate of drug-likeness (QED) is 0.593. The third kappa shape index (κ3) is 3.68. The van der Waals surface area contributed by atoms with Gasteiger partial charge in [-0.2, -0.15) is 0 Å². The summed E-state index contributed by atoms with van der Waals surface area (Å²) in [5, 5.41) is -0.234. The van der Waals surface area contributed by atoms with E-state index in [0.29, 0.717) is 20.6 Å². The van der Waals surface area contributed by atoms with Crippen molar-refractivity contribution in [3.8, 4) is 0 Å². The van der Waals surface area contributed by atoms with Crippen molar-refractivity contribution in [2.24, 2.45) is 0 Å². The number of halogens is 5. The van der Waals surface area contributed by atoms with Crippen molar-refractivity contribution >= 4 is 39.1 Å². The molecule has 2 rings (SSSR count). The van der Waals surface area contributed by atoms with Crippen LogP contribution in [0, 0.1) is 11.6 Å². The van der Waals surface area contributed by atoms with Gasteiger partial charge in [0.05, 0.1) is 5.38 Å². The van der Waals surface area contributed by atoms with Crippen LogP contribution in [0.25, 0.3) is 0 Å². The molecule has 19 heavy (non-hydrogen) atoms. The molecule has 0 aliphatic rings. The van der Waals surface area contributed by atoms with Crippen molar-refractivity contribution in [3.63, 3.8) is 0 Å². The average molecular weight is 366 g/mol. The topological polar surface area (TPSA) is 0 Å². The van der Waals surface area contributed by atoms with E-state index in [9.17, 15) is 8.78 Å². The fraction of sp³-hybridized carbons (Fsp3) is 0.143. The van der Waals surface area contributed by atoms with E-state index in [1.54, 1.807) is 12.1 Å². The molecule has 0 heterocycles. The van der Waals surface area contributed by atoms with Crippen LogP contribution in [0.1, 0.15) is 16.5 Å². The van der Waals surface area contributed by atoms with Crippen LogP contribution in [0.15, 0.2) is 40.9 Å². The molecule has 100 valence electrons. The lowest BCUT2D eigenvalue weighted by atomic mass is 10.0. The molecule has 2 aromatic carbocycles. The third-order valence-electron chi connectivity index (χ3n) is 2.69. The van der Waals surface area contributed by atoms with Gasteiger partial charge in [-0.1, -0.05) is 33.6 Å². The molecule has 2 aromatic rings. The monoisotopic (exact) mass is 364 g/mol. The lowest BCUT2D eigenvalue weighted by molar-refractivity contribution is 0.606. The molecule has 0 bridgehead atoms. The summed E-state index contributed by atoms with van der Waals surface area (Å²) in [6.07, 6.45) is 0.197. The molecule has 5 heteroatoms. The first-order chi connectivity index (χ1) is 8.97. The van der Waals surface area contributed by atoms with E-state index in [1.807, 2.05) is 0 Å². The van der Waals surface area contributed by atoms with Crippen molar-refractivity contribution in [1.29, 1.82) is 0 Å². The van der Waals surface area contributed by atoms with E-state index >= 15 is 0 Å². The third-order valence-corrected chi connectivity index (χ3v) is 3.91. The average Bonchev–Trinajstić information content (AvgIpc) is 2.32. The minimum absolute atomic E-state index is 0.197. The molecule has 1 unspecified atom stereocenters. The van der Waals surface area contributed by atoms with E-state index in [-0.39, 0.29) is 6.42 Å². The smallest absolute Gasteiger partial charge is 0.127 e. The van der Waals surface area contributed by atoms with E-state index < -0.39 is 17.0 Å². The highest BCUT2D eigenvalue weighted by Gasteiger charge is 2.15. The molecule has 0 N–H and O–H groups in total. The molecule has 0 aliphatic carbocycles. The Labute approximate surface area is 128 Å². The van der Waals surface area contributed by atoms with Gasteiger partial charge in [0, 0.05) is 15.1 Å². The summed E-state index contributed by atoms with van der Waals surface area (Å²) >= 11 is 15.4. The lowest BCUT2D eigenvalue weighted by Crippen LogP contribution is -2.00. The summed E-state index contributed by atoms with van der Waals surface area (Å²) in [4.78, 5) is 0.